The van der Waals surface area contributed by atoms with Crippen molar-refractivity contribution in [3.05, 3.63) is 29.8 Å². The largest absolute Gasteiger partial charge is 0.454 e. The zero-order chi connectivity index (χ0) is 34.9. The first-order valence-electron chi connectivity index (χ1n) is 16.9. The van der Waals surface area contributed by atoms with E-state index < -0.39 is 64.8 Å². The summed E-state index contributed by atoms with van der Waals surface area (Å²) in [6.45, 7) is 8.08. The number of Topliss-reactive ketones (excluding diaryl/α,β-unsaturated/α-hetero) is 1. The van der Waals surface area contributed by atoms with Crippen LogP contribution in [-0.2, 0) is 33.5 Å². The number of ether oxygens (including phenoxy) is 4. The second-order valence-electron chi connectivity index (χ2n) is 14.4. The van der Waals surface area contributed by atoms with Crippen LogP contribution in [0, 0.1) is 5.41 Å². The van der Waals surface area contributed by atoms with Crippen molar-refractivity contribution in [3.63, 3.8) is 0 Å². The number of hydrogen-bond donors (Lipinski definition) is 4. The van der Waals surface area contributed by atoms with E-state index in [9.17, 15) is 24.0 Å². The van der Waals surface area contributed by atoms with E-state index in [0.29, 0.717) is 36.6 Å². The molecule has 1 spiro atoms. The van der Waals surface area contributed by atoms with Crippen molar-refractivity contribution in [2.75, 3.05) is 26.6 Å². The van der Waals surface area contributed by atoms with Gasteiger partial charge in [-0.3, -0.25) is 29.5 Å². The van der Waals surface area contributed by atoms with E-state index in [1.165, 1.54) is 4.90 Å². The van der Waals surface area contributed by atoms with Crippen LogP contribution in [0.15, 0.2) is 24.3 Å². The van der Waals surface area contributed by atoms with Gasteiger partial charge in [-0.1, -0.05) is 34.1 Å². The van der Waals surface area contributed by atoms with Gasteiger partial charge in [0, 0.05) is 24.4 Å². The Morgan fingerprint density at radius 1 is 1.08 bits per heavy atom. The summed E-state index contributed by atoms with van der Waals surface area (Å²) >= 11 is 0. The zero-order valence-corrected chi connectivity index (χ0v) is 28.3. The molecule has 49 heavy (non-hydrogen) atoms. The smallest absolute Gasteiger partial charge is 0.408 e. The summed E-state index contributed by atoms with van der Waals surface area (Å²) in [6, 6.07) is 2.14. The molecule has 0 radical (unpaired) electrons. The summed E-state index contributed by atoms with van der Waals surface area (Å²) in [5, 5.41) is 8.19. The number of rotatable bonds is 11. The topological polar surface area (TPSA) is 183 Å². The van der Waals surface area contributed by atoms with Crippen molar-refractivity contribution in [2.45, 2.75) is 102 Å². The first-order chi connectivity index (χ1) is 23.4. The van der Waals surface area contributed by atoms with Gasteiger partial charge in [0.2, 0.25) is 24.4 Å². The normalized spacial score (nSPS) is 25.3. The standard InChI is InChI=1S/C34H45N5O10/c1-5-6-22(27(40)30(42)35-20-8-9-20)36-29(41)24-15-34(14-23(38-49-34)19-7-10-25-26(13-19)47-18-46-25)17-39(24)31(43)28(33(2,3)4)37-32(44)48-21-11-12-45-16-21/h7,10,13-14,20-22,24,28,38H,5-6,8-9,11-12,15-18H2,1-4H3,(H,35,42)(H,36,41)(H,37,44)/t21-,22-,24-,28+,34+/m0/s1. The van der Waals surface area contributed by atoms with Crippen molar-refractivity contribution < 1.29 is 47.8 Å². The van der Waals surface area contributed by atoms with Gasteiger partial charge in [0.1, 0.15) is 23.8 Å². The number of carbonyl (C=O) groups is 5. The fourth-order valence-corrected chi connectivity index (χ4v) is 6.42. The third kappa shape index (κ3) is 7.77. The summed E-state index contributed by atoms with van der Waals surface area (Å²) in [4.78, 5) is 74.9. The van der Waals surface area contributed by atoms with Crippen LogP contribution in [0.1, 0.15) is 71.8 Å². The third-order valence-electron chi connectivity index (χ3n) is 9.28. The minimum Gasteiger partial charge on any atom is -0.454 e. The molecular weight excluding hydrogens is 638 g/mol. The van der Waals surface area contributed by atoms with Crippen LogP contribution in [0.3, 0.4) is 0 Å². The van der Waals surface area contributed by atoms with Crippen LogP contribution >= 0.6 is 0 Å². The SMILES string of the molecule is CCC[C@H](NC(=O)[C@@H]1C[C@]2(C=C(c3ccc4c(c3)OCO4)NO2)CN1C(=O)[C@@H](NC(=O)O[C@H]1CCOC1)C(C)(C)C)C(=O)C(=O)NC1CC1. The molecule has 4 amide bonds. The van der Waals surface area contributed by atoms with Crippen molar-refractivity contribution >= 4 is 35.3 Å². The predicted octanol–water partition coefficient (Wildman–Crippen LogP) is 1.69. The van der Waals surface area contributed by atoms with Gasteiger partial charge < -0.3 is 39.8 Å². The molecular formula is C34H45N5O10. The maximum absolute atomic E-state index is 14.5. The Balaban J connectivity index is 1.26. The molecule has 266 valence electrons. The Morgan fingerprint density at radius 3 is 2.55 bits per heavy atom. The Morgan fingerprint density at radius 2 is 1.86 bits per heavy atom. The molecule has 4 heterocycles. The monoisotopic (exact) mass is 683 g/mol. The van der Waals surface area contributed by atoms with E-state index >= 15 is 0 Å². The molecule has 1 saturated carbocycles. The molecule has 0 unspecified atom stereocenters. The van der Waals surface area contributed by atoms with Crippen molar-refractivity contribution in [1.29, 1.82) is 0 Å². The highest BCUT2D eigenvalue weighted by atomic mass is 16.7. The summed E-state index contributed by atoms with van der Waals surface area (Å²) in [7, 11) is 0. The lowest BCUT2D eigenvalue weighted by Crippen LogP contribution is -2.59. The Labute approximate surface area is 284 Å². The van der Waals surface area contributed by atoms with E-state index in [0.717, 1.165) is 18.4 Å². The highest BCUT2D eigenvalue weighted by Gasteiger charge is 2.54. The van der Waals surface area contributed by atoms with E-state index in [-0.39, 0.29) is 38.8 Å². The Bertz CT molecular complexity index is 1510. The first-order valence-corrected chi connectivity index (χ1v) is 16.9. The average Bonchev–Trinajstić information content (AvgIpc) is 3.48. The lowest BCUT2D eigenvalue weighted by Gasteiger charge is -2.35. The number of hydroxylamine groups is 1. The first kappa shape index (κ1) is 34.5. The van der Waals surface area contributed by atoms with Gasteiger partial charge in [0.25, 0.3) is 5.91 Å². The Hall–Kier alpha value is -4.37. The molecule has 1 aliphatic carbocycles. The fourth-order valence-electron chi connectivity index (χ4n) is 6.42. The lowest BCUT2D eigenvalue weighted by molar-refractivity contribution is -0.144. The summed E-state index contributed by atoms with van der Waals surface area (Å²) in [6.07, 6.45) is 3.61. The molecule has 1 aromatic carbocycles. The summed E-state index contributed by atoms with van der Waals surface area (Å²) in [5.41, 5.74) is 2.38. The molecule has 4 aliphatic heterocycles. The molecule has 0 aromatic heterocycles. The quantitative estimate of drug-likeness (QED) is 0.249. The molecule has 3 fully saturated rings. The number of hydrogen-bond acceptors (Lipinski definition) is 11. The number of amides is 4. The molecule has 6 rings (SSSR count). The molecule has 1 aromatic rings. The van der Waals surface area contributed by atoms with Crippen LogP contribution in [-0.4, -0.2) is 96.9 Å². The van der Waals surface area contributed by atoms with Gasteiger partial charge in [0.05, 0.1) is 31.5 Å². The van der Waals surface area contributed by atoms with Gasteiger partial charge >= 0.3 is 6.09 Å². The molecule has 15 heteroatoms. The van der Waals surface area contributed by atoms with Crippen molar-refractivity contribution in [2.24, 2.45) is 5.41 Å². The number of alkyl carbamates (subject to hydrolysis) is 1. The highest BCUT2D eigenvalue weighted by Crippen LogP contribution is 2.41. The van der Waals surface area contributed by atoms with E-state index in [2.05, 4.69) is 21.4 Å². The number of likely N-dealkylation sites (tertiary alicyclic amines) is 1. The molecule has 5 aliphatic rings. The van der Waals surface area contributed by atoms with E-state index in [1.54, 1.807) is 32.9 Å². The molecule has 0 bridgehead atoms. The second kappa shape index (κ2) is 13.9. The lowest BCUT2D eigenvalue weighted by atomic mass is 9.85. The number of ketones is 1. The van der Waals surface area contributed by atoms with E-state index in [4.69, 9.17) is 23.8 Å². The number of nitrogens with zero attached hydrogens (tertiary/aromatic N) is 1. The van der Waals surface area contributed by atoms with Crippen LogP contribution < -0.4 is 30.9 Å². The maximum Gasteiger partial charge on any atom is 0.408 e. The number of fused-ring (bicyclic) bond motifs is 1. The molecule has 15 nitrogen and oxygen atoms in total. The van der Waals surface area contributed by atoms with E-state index in [1.807, 2.05) is 19.1 Å². The number of carbonyl (C=O) groups excluding carboxylic acids is 5. The zero-order valence-electron chi connectivity index (χ0n) is 28.3. The van der Waals surface area contributed by atoms with Gasteiger partial charge in [0.15, 0.2) is 11.5 Å². The van der Waals surface area contributed by atoms with Crippen molar-refractivity contribution in [1.82, 2.24) is 26.3 Å². The van der Waals surface area contributed by atoms with Gasteiger partial charge in [-0.2, -0.15) is 0 Å². The van der Waals surface area contributed by atoms with Gasteiger partial charge in [-0.05, 0) is 49.0 Å². The molecule has 2 saturated heterocycles. The minimum absolute atomic E-state index is 0.0234. The van der Waals surface area contributed by atoms with Crippen LogP contribution in [0.25, 0.3) is 5.70 Å². The van der Waals surface area contributed by atoms with Gasteiger partial charge in [-0.25, -0.2) is 4.79 Å². The van der Waals surface area contributed by atoms with Crippen LogP contribution in [0.2, 0.25) is 0 Å². The molecule has 5 atom stereocenters. The van der Waals surface area contributed by atoms with Crippen LogP contribution in [0.4, 0.5) is 4.79 Å². The van der Waals surface area contributed by atoms with Crippen molar-refractivity contribution in [3.8, 4) is 11.5 Å². The maximum atomic E-state index is 14.5. The predicted molar refractivity (Wildman–Crippen MR) is 173 cm³/mol. The fraction of sp³-hybridized carbons (Fsp3) is 0.618. The summed E-state index contributed by atoms with van der Waals surface area (Å²) < 4.78 is 21.8. The van der Waals surface area contributed by atoms with Gasteiger partial charge in [-0.15, -0.1) is 0 Å². The second-order valence-corrected chi connectivity index (χ2v) is 14.4. The highest BCUT2D eigenvalue weighted by molar-refractivity contribution is 6.38. The third-order valence-corrected chi connectivity index (χ3v) is 9.28. The molecule has 4 N–H and O–H groups in total. The number of nitrogens with one attached hydrogen (secondary N) is 4. The average molecular weight is 684 g/mol. The van der Waals surface area contributed by atoms with Crippen LogP contribution in [0.5, 0.6) is 11.5 Å². The Kier molecular flexibility index (Phi) is 9.76. The summed E-state index contributed by atoms with van der Waals surface area (Å²) in [5.74, 6) is -1.40. The minimum atomic E-state index is -1.14. The number of benzene rings is 1.